The molecular formula is C7H7ClN2O2. The third-order valence-electron chi connectivity index (χ3n) is 1.75. The Kier molecular flexibility index (Phi) is 2.28. The fourth-order valence-electron chi connectivity index (χ4n) is 0.842. The number of pyridine rings is 1. The van der Waals surface area contributed by atoms with Gasteiger partial charge in [0.25, 0.3) is 5.69 Å². The first kappa shape index (κ1) is 8.93. The van der Waals surface area contributed by atoms with Crippen molar-refractivity contribution in [2.24, 2.45) is 0 Å². The van der Waals surface area contributed by atoms with Gasteiger partial charge in [0.05, 0.1) is 4.92 Å². The maximum Gasteiger partial charge on any atom is 0.290 e. The molecule has 0 N–H and O–H groups in total. The molecule has 0 aliphatic heterocycles. The predicted molar refractivity (Wildman–Crippen MR) is 45.4 cm³/mol. The quantitative estimate of drug-likeness (QED) is 0.384. The van der Waals surface area contributed by atoms with Crippen LogP contribution in [0, 0.1) is 24.0 Å². The molecular weight excluding hydrogens is 180 g/mol. The zero-order valence-corrected chi connectivity index (χ0v) is 7.42. The third kappa shape index (κ3) is 1.38. The van der Waals surface area contributed by atoms with Gasteiger partial charge in [0.2, 0.25) is 0 Å². The highest BCUT2D eigenvalue weighted by Gasteiger charge is 2.14. The van der Waals surface area contributed by atoms with Crippen LogP contribution < -0.4 is 0 Å². The second-order valence-corrected chi connectivity index (χ2v) is 2.80. The number of aromatic nitrogens is 1. The first-order chi connectivity index (χ1) is 5.54. The van der Waals surface area contributed by atoms with E-state index in [2.05, 4.69) is 4.98 Å². The van der Waals surface area contributed by atoms with Crippen molar-refractivity contribution in [3.05, 3.63) is 32.6 Å². The Labute approximate surface area is 74.3 Å². The molecule has 0 atom stereocenters. The topological polar surface area (TPSA) is 56.0 Å². The molecule has 12 heavy (non-hydrogen) atoms. The van der Waals surface area contributed by atoms with Gasteiger partial charge in [-0.3, -0.25) is 10.1 Å². The minimum Gasteiger partial charge on any atom is -0.258 e. The number of hydrogen-bond acceptors (Lipinski definition) is 3. The lowest BCUT2D eigenvalue weighted by Gasteiger charge is -2.01. The summed E-state index contributed by atoms with van der Waals surface area (Å²) in [4.78, 5) is 13.6. The van der Waals surface area contributed by atoms with Crippen molar-refractivity contribution in [1.82, 2.24) is 4.98 Å². The van der Waals surface area contributed by atoms with Crippen LogP contribution in [0.15, 0.2) is 6.20 Å². The second kappa shape index (κ2) is 3.06. The van der Waals surface area contributed by atoms with Crippen molar-refractivity contribution in [2.75, 3.05) is 0 Å². The van der Waals surface area contributed by atoms with Gasteiger partial charge in [-0.05, 0) is 19.4 Å². The minimum absolute atomic E-state index is 0.0110. The van der Waals surface area contributed by atoms with Crippen LogP contribution in [0.4, 0.5) is 5.69 Å². The van der Waals surface area contributed by atoms with Crippen molar-refractivity contribution >= 4 is 17.3 Å². The molecule has 0 unspecified atom stereocenters. The third-order valence-corrected chi connectivity index (χ3v) is 2.13. The lowest BCUT2D eigenvalue weighted by Crippen LogP contribution is -1.96. The molecule has 0 radical (unpaired) electrons. The van der Waals surface area contributed by atoms with Crippen LogP contribution in [0.25, 0.3) is 0 Å². The number of nitro groups is 1. The van der Waals surface area contributed by atoms with Gasteiger partial charge in [-0.25, -0.2) is 4.98 Å². The summed E-state index contributed by atoms with van der Waals surface area (Å²) in [6.07, 6.45) is 1.17. The van der Waals surface area contributed by atoms with E-state index < -0.39 is 4.92 Å². The van der Waals surface area contributed by atoms with E-state index >= 15 is 0 Å². The van der Waals surface area contributed by atoms with E-state index in [-0.39, 0.29) is 5.69 Å². The lowest BCUT2D eigenvalue weighted by molar-refractivity contribution is -0.385. The molecule has 0 saturated heterocycles. The Morgan fingerprint density at radius 2 is 2.08 bits per heavy atom. The van der Waals surface area contributed by atoms with E-state index in [0.29, 0.717) is 16.3 Å². The van der Waals surface area contributed by atoms with Crippen LogP contribution in [0.1, 0.15) is 11.1 Å². The van der Waals surface area contributed by atoms with E-state index in [4.69, 9.17) is 11.6 Å². The maximum atomic E-state index is 10.4. The molecule has 1 heterocycles. The monoisotopic (exact) mass is 186 g/mol. The van der Waals surface area contributed by atoms with Crippen molar-refractivity contribution < 1.29 is 4.92 Å². The van der Waals surface area contributed by atoms with Crippen LogP contribution in [0.2, 0.25) is 5.15 Å². The van der Waals surface area contributed by atoms with E-state index in [1.54, 1.807) is 13.8 Å². The van der Waals surface area contributed by atoms with E-state index in [1.807, 2.05) is 0 Å². The number of nitrogens with zero attached hydrogens (tertiary/aromatic N) is 2. The summed E-state index contributed by atoms with van der Waals surface area (Å²) in [6, 6.07) is 0. The smallest absolute Gasteiger partial charge is 0.258 e. The standard InChI is InChI=1S/C7H7ClN2O2/c1-4-5(2)7(8)9-3-6(4)10(11)12/h3H,1-2H3. The van der Waals surface area contributed by atoms with E-state index in [0.717, 1.165) is 0 Å². The SMILES string of the molecule is Cc1c([N+](=O)[O-])cnc(Cl)c1C. The van der Waals surface area contributed by atoms with Gasteiger partial charge in [0.15, 0.2) is 0 Å². The first-order valence-corrected chi connectivity index (χ1v) is 3.68. The molecule has 0 bridgehead atoms. The predicted octanol–water partition coefficient (Wildman–Crippen LogP) is 2.26. The highest BCUT2D eigenvalue weighted by Crippen LogP contribution is 2.23. The minimum atomic E-state index is -0.467. The summed E-state index contributed by atoms with van der Waals surface area (Å²) in [6.45, 7) is 3.36. The van der Waals surface area contributed by atoms with Crippen molar-refractivity contribution in [3.63, 3.8) is 0 Å². The average Bonchev–Trinajstić information content (AvgIpc) is 2.00. The summed E-state index contributed by atoms with van der Waals surface area (Å²) in [5.74, 6) is 0. The molecule has 1 aromatic rings. The molecule has 0 aromatic carbocycles. The van der Waals surface area contributed by atoms with Crippen LogP contribution in [-0.2, 0) is 0 Å². The molecule has 0 aliphatic rings. The molecule has 0 fully saturated rings. The average molecular weight is 187 g/mol. The first-order valence-electron chi connectivity index (χ1n) is 3.30. The number of hydrogen-bond donors (Lipinski definition) is 0. The summed E-state index contributed by atoms with van der Waals surface area (Å²) < 4.78 is 0. The summed E-state index contributed by atoms with van der Waals surface area (Å²) in [7, 11) is 0. The van der Waals surface area contributed by atoms with Gasteiger partial charge in [0.1, 0.15) is 11.3 Å². The van der Waals surface area contributed by atoms with Gasteiger partial charge in [-0.1, -0.05) is 11.6 Å². The molecule has 1 aromatic heterocycles. The zero-order chi connectivity index (χ0) is 9.30. The highest BCUT2D eigenvalue weighted by atomic mass is 35.5. The zero-order valence-electron chi connectivity index (χ0n) is 6.67. The van der Waals surface area contributed by atoms with Gasteiger partial charge < -0.3 is 0 Å². The fourth-order valence-corrected chi connectivity index (χ4v) is 1.03. The number of rotatable bonds is 1. The second-order valence-electron chi connectivity index (χ2n) is 2.44. The molecule has 0 aliphatic carbocycles. The normalized spacial score (nSPS) is 9.92. The molecule has 0 spiro atoms. The fraction of sp³-hybridized carbons (Fsp3) is 0.286. The van der Waals surface area contributed by atoms with Crippen LogP contribution in [0.5, 0.6) is 0 Å². The Morgan fingerprint density at radius 3 is 2.58 bits per heavy atom. The van der Waals surface area contributed by atoms with Crippen LogP contribution in [0.3, 0.4) is 0 Å². The molecule has 1 rings (SSSR count). The van der Waals surface area contributed by atoms with Crippen molar-refractivity contribution in [1.29, 1.82) is 0 Å². The highest BCUT2D eigenvalue weighted by molar-refractivity contribution is 6.30. The van der Waals surface area contributed by atoms with Crippen LogP contribution in [-0.4, -0.2) is 9.91 Å². The van der Waals surface area contributed by atoms with Crippen molar-refractivity contribution in [2.45, 2.75) is 13.8 Å². The molecule has 5 heteroatoms. The van der Waals surface area contributed by atoms with Gasteiger partial charge >= 0.3 is 0 Å². The molecule has 4 nitrogen and oxygen atoms in total. The van der Waals surface area contributed by atoms with Gasteiger partial charge in [-0.15, -0.1) is 0 Å². The van der Waals surface area contributed by atoms with Crippen LogP contribution >= 0.6 is 11.6 Å². The summed E-state index contributed by atoms with van der Waals surface area (Å²) >= 11 is 5.66. The van der Waals surface area contributed by atoms with Gasteiger partial charge in [-0.2, -0.15) is 0 Å². The summed E-state index contributed by atoms with van der Waals surface area (Å²) in [5, 5.41) is 10.7. The van der Waals surface area contributed by atoms with Crippen molar-refractivity contribution in [3.8, 4) is 0 Å². The summed E-state index contributed by atoms with van der Waals surface area (Å²) in [5.41, 5.74) is 1.24. The Bertz CT molecular complexity index is 338. The molecule has 64 valence electrons. The van der Waals surface area contributed by atoms with E-state index in [9.17, 15) is 10.1 Å². The Balaban J connectivity index is 3.36. The molecule has 0 amide bonds. The molecule has 0 saturated carbocycles. The van der Waals surface area contributed by atoms with Gasteiger partial charge in [0, 0.05) is 5.56 Å². The maximum absolute atomic E-state index is 10.4. The largest absolute Gasteiger partial charge is 0.290 e. The lowest BCUT2D eigenvalue weighted by atomic mass is 10.1. The Hall–Kier alpha value is -1.16. The van der Waals surface area contributed by atoms with E-state index in [1.165, 1.54) is 6.20 Å². The Morgan fingerprint density at radius 1 is 1.50 bits per heavy atom. The number of halogens is 1.